The van der Waals surface area contributed by atoms with E-state index in [1.165, 1.54) is 5.56 Å². The molecule has 2 aliphatic rings. The van der Waals surface area contributed by atoms with Crippen LogP contribution in [0.2, 0.25) is 0 Å². The van der Waals surface area contributed by atoms with Crippen LogP contribution in [0.5, 0.6) is 5.88 Å². The summed E-state index contributed by atoms with van der Waals surface area (Å²) in [6.45, 7) is 5.52. The van der Waals surface area contributed by atoms with Crippen molar-refractivity contribution in [2.75, 3.05) is 39.4 Å². The van der Waals surface area contributed by atoms with Crippen LogP contribution in [-0.4, -0.2) is 66.2 Å². The summed E-state index contributed by atoms with van der Waals surface area (Å²) in [6, 6.07) is 14.0. The average Bonchev–Trinajstić information content (AvgIpc) is 3.22. The number of aromatic nitrogens is 1. The molecular formula is C21H25N3O3. The van der Waals surface area contributed by atoms with Gasteiger partial charge in [0.25, 0.3) is 5.91 Å². The summed E-state index contributed by atoms with van der Waals surface area (Å²) in [5, 5.41) is 0. The summed E-state index contributed by atoms with van der Waals surface area (Å²) >= 11 is 0. The standard InChI is InChI=1S/C21H25N3O3/c25-21(18-6-7-20(22-14-18)27-19-8-13-26-16-19)24-11-9-23(10-12-24)15-17-4-2-1-3-5-17/h1-7,14,19H,8-13,15-16H2/t19-/m1/s1. The van der Waals surface area contributed by atoms with Crippen molar-refractivity contribution >= 4 is 5.91 Å². The van der Waals surface area contributed by atoms with E-state index in [1.54, 1.807) is 18.3 Å². The van der Waals surface area contributed by atoms with E-state index in [1.807, 2.05) is 11.0 Å². The molecule has 1 aromatic carbocycles. The molecule has 2 aliphatic heterocycles. The van der Waals surface area contributed by atoms with E-state index >= 15 is 0 Å². The van der Waals surface area contributed by atoms with Gasteiger partial charge in [0.05, 0.1) is 18.8 Å². The van der Waals surface area contributed by atoms with Crippen molar-refractivity contribution in [2.45, 2.75) is 19.1 Å². The van der Waals surface area contributed by atoms with Crippen molar-refractivity contribution in [3.8, 4) is 5.88 Å². The minimum atomic E-state index is 0.0395. The highest BCUT2D eigenvalue weighted by atomic mass is 16.5. The van der Waals surface area contributed by atoms with Crippen LogP contribution in [0.25, 0.3) is 0 Å². The highest BCUT2D eigenvalue weighted by Gasteiger charge is 2.23. The van der Waals surface area contributed by atoms with E-state index in [0.29, 0.717) is 18.1 Å². The minimum Gasteiger partial charge on any atom is -0.472 e. The molecule has 0 bridgehead atoms. The van der Waals surface area contributed by atoms with Crippen molar-refractivity contribution in [1.82, 2.24) is 14.8 Å². The summed E-state index contributed by atoms with van der Waals surface area (Å²) in [4.78, 5) is 21.3. The van der Waals surface area contributed by atoms with E-state index in [9.17, 15) is 4.79 Å². The first-order chi connectivity index (χ1) is 13.3. The van der Waals surface area contributed by atoms with Crippen LogP contribution in [0.4, 0.5) is 0 Å². The second kappa shape index (κ2) is 8.50. The Kier molecular flexibility index (Phi) is 5.65. The van der Waals surface area contributed by atoms with Crippen LogP contribution in [0, 0.1) is 0 Å². The Labute approximate surface area is 159 Å². The molecule has 27 heavy (non-hydrogen) atoms. The fourth-order valence-corrected chi connectivity index (χ4v) is 3.49. The van der Waals surface area contributed by atoms with Gasteiger partial charge in [0.1, 0.15) is 6.10 Å². The van der Waals surface area contributed by atoms with Gasteiger partial charge in [-0.1, -0.05) is 30.3 Å². The molecule has 0 radical (unpaired) electrons. The summed E-state index contributed by atoms with van der Waals surface area (Å²) in [5.41, 5.74) is 1.92. The van der Waals surface area contributed by atoms with E-state index in [4.69, 9.17) is 9.47 Å². The monoisotopic (exact) mass is 367 g/mol. The average molecular weight is 367 g/mol. The normalized spacial score (nSPS) is 20.6. The first kappa shape index (κ1) is 17.9. The van der Waals surface area contributed by atoms with Crippen LogP contribution < -0.4 is 4.74 Å². The molecule has 0 saturated carbocycles. The molecule has 3 heterocycles. The van der Waals surface area contributed by atoms with Crippen LogP contribution in [0.3, 0.4) is 0 Å². The maximum Gasteiger partial charge on any atom is 0.255 e. The van der Waals surface area contributed by atoms with E-state index in [2.05, 4.69) is 34.1 Å². The van der Waals surface area contributed by atoms with Gasteiger partial charge < -0.3 is 14.4 Å². The molecule has 6 nitrogen and oxygen atoms in total. The molecule has 6 heteroatoms. The van der Waals surface area contributed by atoms with Crippen LogP contribution >= 0.6 is 0 Å². The predicted octanol–water partition coefficient (Wildman–Crippen LogP) is 2.21. The number of nitrogens with zero attached hydrogens (tertiary/aromatic N) is 3. The van der Waals surface area contributed by atoms with Gasteiger partial charge in [-0.05, 0) is 11.6 Å². The minimum absolute atomic E-state index is 0.0395. The van der Waals surface area contributed by atoms with E-state index in [0.717, 1.165) is 45.8 Å². The number of hydrogen-bond acceptors (Lipinski definition) is 5. The SMILES string of the molecule is O=C(c1ccc(O[C@@H]2CCOC2)nc1)N1CCN(Cc2ccccc2)CC1. The molecule has 142 valence electrons. The van der Waals surface area contributed by atoms with Gasteiger partial charge >= 0.3 is 0 Å². The number of amides is 1. The molecule has 0 aliphatic carbocycles. The number of rotatable bonds is 5. The molecule has 2 aromatic rings. The quantitative estimate of drug-likeness (QED) is 0.811. The van der Waals surface area contributed by atoms with Crippen molar-refractivity contribution in [1.29, 1.82) is 0 Å². The molecule has 2 saturated heterocycles. The molecule has 2 fully saturated rings. The maximum absolute atomic E-state index is 12.7. The predicted molar refractivity (Wildman–Crippen MR) is 102 cm³/mol. The first-order valence-electron chi connectivity index (χ1n) is 9.54. The number of piperazine rings is 1. The molecule has 0 N–H and O–H groups in total. The molecule has 1 atom stereocenters. The van der Waals surface area contributed by atoms with Crippen LogP contribution in [0.15, 0.2) is 48.7 Å². The second-order valence-electron chi connectivity index (χ2n) is 7.04. The zero-order chi connectivity index (χ0) is 18.5. The number of carbonyl (C=O) groups is 1. The Morgan fingerprint density at radius 1 is 1.11 bits per heavy atom. The van der Waals surface area contributed by atoms with Crippen molar-refractivity contribution in [3.05, 3.63) is 59.8 Å². The first-order valence-corrected chi connectivity index (χ1v) is 9.54. The zero-order valence-corrected chi connectivity index (χ0v) is 15.4. The fraction of sp³-hybridized carbons (Fsp3) is 0.429. The van der Waals surface area contributed by atoms with Gasteiger partial charge in [-0.15, -0.1) is 0 Å². The van der Waals surface area contributed by atoms with Gasteiger partial charge in [-0.3, -0.25) is 9.69 Å². The Bertz CT molecular complexity index is 737. The van der Waals surface area contributed by atoms with Crippen molar-refractivity contribution in [3.63, 3.8) is 0 Å². The number of benzene rings is 1. The van der Waals surface area contributed by atoms with E-state index in [-0.39, 0.29) is 12.0 Å². The Hall–Kier alpha value is -2.44. The smallest absolute Gasteiger partial charge is 0.255 e. The van der Waals surface area contributed by atoms with Gasteiger partial charge in [0.2, 0.25) is 5.88 Å². The third kappa shape index (κ3) is 4.64. The third-order valence-corrected chi connectivity index (χ3v) is 5.07. The lowest BCUT2D eigenvalue weighted by Crippen LogP contribution is -2.48. The van der Waals surface area contributed by atoms with Gasteiger partial charge in [-0.25, -0.2) is 4.98 Å². The van der Waals surface area contributed by atoms with Crippen molar-refractivity contribution in [2.24, 2.45) is 0 Å². The molecule has 0 spiro atoms. The van der Waals surface area contributed by atoms with E-state index < -0.39 is 0 Å². The Balaban J connectivity index is 1.28. The maximum atomic E-state index is 12.7. The summed E-state index contributed by atoms with van der Waals surface area (Å²) in [6.07, 6.45) is 2.57. The lowest BCUT2D eigenvalue weighted by Gasteiger charge is -2.34. The number of pyridine rings is 1. The second-order valence-corrected chi connectivity index (χ2v) is 7.04. The largest absolute Gasteiger partial charge is 0.472 e. The zero-order valence-electron chi connectivity index (χ0n) is 15.4. The van der Waals surface area contributed by atoms with Crippen LogP contribution in [0.1, 0.15) is 22.3 Å². The summed E-state index contributed by atoms with van der Waals surface area (Å²) in [5.74, 6) is 0.590. The van der Waals surface area contributed by atoms with Gasteiger partial charge in [0, 0.05) is 51.4 Å². The van der Waals surface area contributed by atoms with Gasteiger partial charge in [0.15, 0.2) is 0 Å². The topological polar surface area (TPSA) is 54.9 Å². The Morgan fingerprint density at radius 3 is 2.59 bits per heavy atom. The van der Waals surface area contributed by atoms with Gasteiger partial charge in [-0.2, -0.15) is 0 Å². The fourth-order valence-electron chi connectivity index (χ4n) is 3.49. The lowest BCUT2D eigenvalue weighted by molar-refractivity contribution is 0.0628. The molecule has 1 aromatic heterocycles. The summed E-state index contributed by atoms with van der Waals surface area (Å²) in [7, 11) is 0. The molecule has 0 unspecified atom stereocenters. The number of hydrogen-bond donors (Lipinski definition) is 0. The highest BCUT2D eigenvalue weighted by Crippen LogP contribution is 2.16. The third-order valence-electron chi connectivity index (χ3n) is 5.07. The number of carbonyl (C=O) groups excluding carboxylic acids is 1. The van der Waals surface area contributed by atoms with Crippen molar-refractivity contribution < 1.29 is 14.3 Å². The number of ether oxygens (including phenoxy) is 2. The Morgan fingerprint density at radius 2 is 1.93 bits per heavy atom. The highest BCUT2D eigenvalue weighted by molar-refractivity contribution is 5.94. The molecule has 4 rings (SSSR count). The van der Waals surface area contributed by atoms with Crippen LogP contribution in [-0.2, 0) is 11.3 Å². The molecular weight excluding hydrogens is 342 g/mol. The molecule has 1 amide bonds. The summed E-state index contributed by atoms with van der Waals surface area (Å²) < 4.78 is 11.1. The lowest BCUT2D eigenvalue weighted by atomic mass is 10.2.